The maximum atomic E-state index is 10.1. The van der Waals surface area contributed by atoms with Crippen molar-refractivity contribution in [2.45, 2.75) is 13.2 Å². The Bertz CT molecular complexity index is 567. The molecule has 0 spiro atoms. The van der Waals surface area contributed by atoms with Crippen LogP contribution in [0.1, 0.15) is 32.6 Å². The molecule has 0 N–H and O–H groups in total. The van der Waals surface area contributed by atoms with Crippen LogP contribution in [0.15, 0.2) is 33.1 Å². The molecule has 0 aliphatic heterocycles. The minimum Gasteiger partial charge on any atom is -0.460 e. The van der Waals surface area contributed by atoms with Crippen LogP contribution in [0.2, 0.25) is 0 Å². The van der Waals surface area contributed by atoms with E-state index in [1.807, 2.05) is 0 Å². The van der Waals surface area contributed by atoms with Gasteiger partial charge < -0.3 is 18.3 Å². The number of hydrogen-bond donors (Lipinski definition) is 0. The van der Waals surface area contributed by atoms with E-state index in [0.717, 1.165) is 0 Å². The summed E-state index contributed by atoms with van der Waals surface area (Å²) in [7, 11) is 1.57. The number of carbonyl (C=O) groups excluding carboxylic acids is 3. The van der Waals surface area contributed by atoms with Gasteiger partial charge in [-0.25, -0.2) is 0 Å². The molecule has 7 heteroatoms. The van der Waals surface area contributed by atoms with E-state index in [4.69, 9.17) is 13.6 Å². The van der Waals surface area contributed by atoms with E-state index in [-0.39, 0.29) is 12.4 Å². The van der Waals surface area contributed by atoms with Crippen molar-refractivity contribution in [1.82, 2.24) is 0 Å². The fourth-order valence-corrected chi connectivity index (χ4v) is 1.33. The van der Waals surface area contributed by atoms with Crippen molar-refractivity contribution in [3.63, 3.8) is 0 Å². The van der Waals surface area contributed by atoms with Crippen LogP contribution in [0, 0.1) is 0 Å². The highest BCUT2D eigenvalue weighted by atomic mass is 16.5. The Kier molecular flexibility index (Phi) is 7.23. The monoisotopic (exact) mass is 294 g/mol. The summed E-state index contributed by atoms with van der Waals surface area (Å²) in [6.07, 6.45) is 1.25. The first-order valence-corrected chi connectivity index (χ1v) is 5.85. The molecule has 0 aromatic carbocycles. The van der Waals surface area contributed by atoms with E-state index in [9.17, 15) is 14.4 Å². The first-order chi connectivity index (χ1) is 10.2. The lowest BCUT2D eigenvalue weighted by Crippen LogP contribution is -1.86. The third kappa shape index (κ3) is 5.87. The Balaban J connectivity index is 0.000000211. The van der Waals surface area contributed by atoms with E-state index < -0.39 is 0 Å². The van der Waals surface area contributed by atoms with Gasteiger partial charge in [-0.2, -0.15) is 0 Å². The molecule has 7 nitrogen and oxygen atoms in total. The molecule has 0 saturated heterocycles. The Morgan fingerprint density at radius 3 is 1.81 bits per heavy atom. The van der Waals surface area contributed by atoms with Gasteiger partial charge in [0.05, 0.1) is 0 Å². The SMILES string of the molecule is COCc1ccc(C=O)o1.O=COCc1ccc(C=O)o1. The minimum absolute atomic E-state index is 0.0668. The molecule has 2 rings (SSSR count). The summed E-state index contributed by atoms with van der Waals surface area (Å²) >= 11 is 0. The summed E-state index contributed by atoms with van der Waals surface area (Å²) < 4.78 is 19.0. The lowest BCUT2D eigenvalue weighted by Gasteiger charge is -1.90. The third-order valence-electron chi connectivity index (χ3n) is 2.18. The molecule has 0 unspecified atom stereocenters. The van der Waals surface area contributed by atoms with Crippen molar-refractivity contribution in [2.75, 3.05) is 7.11 Å². The molecule has 0 radical (unpaired) electrons. The minimum atomic E-state index is 0.0668. The molecule has 0 aliphatic carbocycles. The molecule has 112 valence electrons. The molecule has 0 fully saturated rings. The second kappa shape index (κ2) is 9.27. The lowest BCUT2D eigenvalue weighted by molar-refractivity contribution is -0.130. The predicted octanol–water partition coefficient (Wildman–Crippen LogP) is 2.00. The summed E-state index contributed by atoms with van der Waals surface area (Å²) in [6, 6.07) is 6.41. The van der Waals surface area contributed by atoms with Crippen LogP contribution in [0.4, 0.5) is 0 Å². The van der Waals surface area contributed by atoms with Gasteiger partial charge in [-0.05, 0) is 24.3 Å². The summed E-state index contributed by atoms with van der Waals surface area (Å²) in [5.41, 5.74) is 0. The number of rotatable bonds is 7. The van der Waals surface area contributed by atoms with E-state index in [1.165, 1.54) is 6.07 Å². The number of furan rings is 2. The van der Waals surface area contributed by atoms with Gasteiger partial charge >= 0.3 is 0 Å². The number of hydrogen-bond acceptors (Lipinski definition) is 7. The Labute approximate surface area is 120 Å². The van der Waals surface area contributed by atoms with Crippen LogP contribution in [-0.2, 0) is 27.5 Å². The summed E-state index contributed by atoms with van der Waals surface area (Å²) in [6.45, 7) is 0.800. The molecule has 21 heavy (non-hydrogen) atoms. The fourth-order valence-electron chi connectivity index (χ4n) is 1.33. The molecule has 2 aromatic heterocycles. The summed E-state index contributed by atoms with van der Waals surface area (Å²) in [5.74, 6) is 1.70. The fraction of sp³-hybridized carbons (Fsp3) is 0.214. The van der Waals surface area contributed by atoms with Crippen LogP contribution < -0.4 is 0 Å². The average Bonchev–Trinajstić information content (AvgIpc) is 3.15. The molecule has 0 atom stereocenters. The van der Waals surface area contributed by atoms with E-state index in [2.05, 4.69) is 4.74 Å². The smallest absolute Gasteiger partial charge is 0.293 e. The summed E-state index contributed by atoms with van der Waals surface area (Å²) in [5, 5.41) is 0. The highest BCUT2D eigenvalue weighted by Gasteiger charge is 1.99. The van der Waals surface area contributed by atoms with Gasteiger partial charge in [-0.15, -0.1) is 0 Å². The quantitative estimate of drug-likeness (QED) is 0.720. The maximum Gasteiger partial charge on any atom is 0.293 e. The third-order valence-corrected chi connectivity index (χ3v) is 2.18. The van der Waals surface area contributed by atoms with Crippen molar-refractivity contribution in [2.24, 2.45) is 0 Å². The molecular weight excluding hydrogens is 280 g/mol. The molecule has 0 bridgehead atoms. The zero-order valence-electron chi connectivity index (χ0n) is 11.3. The highest BCUT2D eigenvalue weighted by Crippen LogP contribution is 2.06. The van der Waals surface area contributed by atoms with E-state index in [1.54, 1.807) is 25.3 Å². The van der Waals surface area contributed by atoms with Crippen molar-refractivity contribution in [3.05, 3.63) is 47.3 Å². The second-order valence-corrected chi connectivity index (χ2v) is 3.68. The molecule has 0 aliphatic rings. The first kappa shape index (κ1) is 16.4. The number of ether oxygens (including phenoxy) is 2. The predicted molar refractivity (Wildman–Crippen MR) is 69.8 cm³/mol. The lowest BCUT2D eigenvalue weighted by atomic mass is 10.4. The van der Waals surface area contributed by atoms with Gasteiger partial charge in [0.15, 0.2) is 24.1 Å². The van der Waals surface area contributed by atoms with Gasteiger partial charge in [0, 0.05) is 7.11 Å². The van der Waals surface area contributed by atoms with E-state index >= 15 is 0 Å². The Hall–Kier alpha value is -2.67. The molecule has 0 amide bonds. The van der Waals surface area contributed by atoms with Gasteiger partial charge in [0.25, 0.3) is 6.47 Å². The zero-order valence-corrected chi connectivity index (χ0v) is 11.3. The second-order valence-electron chi connectivity index (χ2n) is 3.68. The molecule has 0 saturated carbocycles. The topological polar surface area (TPSA) is 96.0 Å². The number of aldehydes is 2. The Morgan fingerprint density at radius 1 is 0.905 bits per heavy atom. The van der Waals surface area contributed by atoms with Gasteiger partial charge in [-0.1, -0.05) is 0 Å². The highest BCUT2D eigenvalue weighted by molar-refractivity contribution is 5.70. The van der Waals surface area contributed by atoms with Crippen molar-refractivity contribution in [3.8, 4) is 0 Å². The zero-order chi connectivity index (χ0) is 15.5. The average molecular weight is 294 g/mol. The van der Waals surface area contributed by atoms with Crippen LogP contribution in [0.5, 0.6) is 0 Å². The summed E-state index contributed by atoms with van der Waals surface area (Å²) in [4.78, 5) is 29.9. The van der Waals surface area contributed by atoms with Crippen molar-refractivity contribution in [1.29, 1.82) is 0 Å². The molecule has 2 heterocycles. The van der Waals surface area contributed by atoms with Crippen molar-refractivity contribution >= 4 is 19.0 Å². The van der Waals surface area contributed by atoms with Crippen LogP contribution in [0.25, 0.3) is 0 Å². The molecular formula is C14H14O7. The number of carbonyl (C=O) groups is 3. The normalized spacial score (nSPS) is 9.38. The van der Waals surface area contributed by atoms with Gasteiger partial charge in [-0.3, -0.25) is 14.4 Å². The van der Waals surface area contributed by atoms with Crippen molar-refractivity contribution < 1.29 is 32.7 Å². The van der Waals surface area contributed by atoms with Crippen LogP contribution in [0.3, 0.4) is 0 Å². The standard InChI is InChI=1S/C7H6O4.C7H8O3/c8-3-6-1-2-7(11-6)4-10-5-9;1-9-5-7-3-2-6(4-8)10-7/h1-3,5H,4H2;2-4H,5H2,1H3. The van der Waals surface area contributed by atoms with Crippen LogP contribution >= 0.6 is 0 Å². The van der Waals surface area contributed by atoms with Gasteiger partial charge in [0.2, 0.25) is 0 Å². The number of methoxy groups -OCH3 is 1. The Morgan fingerprint density at radius 2 is 1.43 bits per heavy atom. The first-order valence-electron chi connectivity index (χ1n) is 5.85. The van der Waals surface area contributed by atoms with Crippen LogP contribution in [-0.4, -0.2) is 26.2 Å². The molecule has 2 aromatic rings. The maximum absolute atomic E-state index is 10.1. The largest absolute Gasteiger partial charge is 0.460 e. The van der Waals surface area contributed by atoms with E-state index in [0.29, 0.717) is 42.9 Å². The van der Waals surface area contributed by atoms with Gasteiger partial charge in [0.1, 0.15) is 24.7 Å².